The zero-order chi connectivity index (χ0) is 19.8. The van der Waals surface area contributed by atoms with Gasteiger partial charge in [-0.1, -0.05) is 23.8 Å². The monoisotopic (exact) mass is 413 g/mol. The van der Waals surface area contributed by atoms with E-state index in [9.17, 15) is 9.50 Å². The summed E-state index contributed by atoms with van der Waals surface area (Å²) >= 11 is 1.40. The van der Waals surface area contributed by atoms with Crippen molar-refractivity contribution >= 4 is 11.3 Å². The van der Waals surface area contributed by atoms with Crippen molar-refractivity contribution in [1.82, 2.24) is 25.7 Å². The molecule has 2 aliphatic rings. The number of ether oxygens (including phenoxy) is 1. The molecule has 2 fully saturated rings. The molecule has 0 radical (unpaired) electrons. The van der Waals surface area contributed by atoms with Gasteiger partial charge in [0.05, 0.1) is 5.69 Å². The van der Waals surface area contributed by atoms with Crippen LogP contribution < -0.4 is 10.1 Å². The summed E-state index contributed by atoms with van der Waals surface area (Å²) in [6, 6.07) is 8.81. The SMILES string of the molecule is Oc1cc(-c2nncs2)ccc1-c1ccc(O[C@@H]2C[C@H]3CCC[C@H](N3)[C@@H]2F)nn1. The molecule has 4 heterocycles. The van der Waals surface area contributed by atoms with Gasteiger partial charge in [-0.05, 0) is 31.0 Å². The molecule has 0 amide bonds. The van der Waals surface area contributed by atoms with Gasteiger partial charge in [0, 0.05) is 35.7 Å². The average Bonchev–Trinajstić information content (AvgIpc) is 3.28. The van der Waals surface area contributed by atoms with Crippen LogP contribution in [0, 0.1) is 0 Å². The summed E-state index contributed by atoms with van der Waals surface area (Å²) in [4.78, 5) is 0. The first-order valence-electron chi connectivity index (χ1n) is 9.68. The number of hydrogen-bond donors (Lipinski definition) is 2. The predicted molar refractivity (Wildman–Crippen MR) is 107 cm³/mol. The van der Waals surface area contributed by atoms with E-state index in [2.05, 4.69) is 25.7 Å². The number of nitrogens with one attached hydrogen (secondary N) is 1. The molecule has 1 aromatic carbocycles. The van der Waals surface area contributed by atoms with E-state index in [4.69, 9.17) is 4.74 Å². The zero-order valence-corrected chi connectivity index (χ0v) is 16.3. The number of piperidine rings is 2. The molecule has 2 bridgehead atoms. The number of fused-ring (bicyclic) bond motifs is 2. The zero-order valence-electron chi connectivity index (χ0n) is 15.5. The second-order valence-corrected chi connectivity index (χ2v) is 8.30. The highest BCUT2D eigenvalue weighted by Gasteiger charge is 2.41. The van der Waals surface area contributed by atoms with Gasteiger partial charge in [0.15, 0.2) is 6.17 Å². The van der Waals surface area contributed by atoms with Crippen LogP contribution >= 0.6 is 11.3 Å². The fraction of sp³-hybridized carbons (Fsp3) is 0.400. The maximum absolute atomic E-state index is 14.7. The Bertz CT molecular complexity index is 985. The van der Waals surface area contributed by atoms with Crippen LogP contribution in [-0.4, -0.2) is 49.9 Å². The van der Waals surface area contributed by atoms with Crippen molar-refractivity contribution in [3.8, 4) is 33.5 Å². The number of alkyl halides is 1. The van der Waals surface area contributed by atoms with Crippen molar-refractivity contribution in [2.75, 3.05) is 0 Å². The number of benzene rings is 1. The Labute approximate surface area is 171 Å². The van der Waals surface area contributed by atoms with E-state index in [0.29, 0.717) is 29.6 Å². The molecule has 4 atom stereocenters. The van der Waals surface area contributed by atoms with Crippen molar-refractivity contribution < 1.29 is 14.2 Å². The van der Waals surface area contributed by atoms with E-state index in [0.717, 1.165) is 29.8 Å². The summed E-state index contributed by atoms with van der Waals surface area (Å²) in [5, 5.41) is 30.6. The Balaban J connectivity index is 1.31. The molecule has 2 N–H and O–H groups in total. The first kappa shape index (κ1) is 18.4. The van der Waals surface area contributed by atoms with Crippen LogP contribution in [0.3, 0.4) is 0 Å². The Morgan fingerprint density at radius 3 is 2.83 bits per heavy atom. The van der Waals surface area contributed by atoms with Crippen LogP contribution in [0.4, 0.5) is 4.39 Å². The lowest BCUT2D eigenvalue weighted by Crippen LogP contribution is -2.59. The molecule has 29 heavy (non-hydrogen) atoms. The highest BCUT2D eigenvalue weighted by molar-refractivity contribution is 7.12. The molecule has 3 aromatic rings. The minimum absolute atomic E-state index is 0.0793. The quantitative estimate of drug-likeness (QED) is 0.677. The molecular weight excluding hydrogens is 393 g/mol. The molecule has 9 heteroatoms. The third kappa shape index (κ3) is 3.67. The number of nitrogens with zero attached hydrogens (tertiary/aromatic N) is 4. The van der Waals surface area contributed by atoms with Gasteiger partial charge >= 0.3 is 0 Å². The molecule has 0 saturated carbocycles. The second kappa shape index (κ2) is 7.64. The van der Waals surface area contributed by atoms with E-state index in [1.807, 2.05) is 6.07 Å². The smallest absolute Gasteiger partial charge is 0.233 e. The molecule has 5 rings (SSSR count). The molecule has 0 spiro atoms. The van der Waals surface area contributed by atoms with Crippen molar-refractivity contribution in [2.24, 2.45) is 0 Å². The van der Waals surface area contributed by atoms with E-state index in [1.54, 1.807) is 29.8 Å². The summed E-state index contributed by atoms with van der Waals surface area (Å²) in [7, 11) is 0. The van der Waals surface area contributed by atoms with Crippen LogP contribution in [-0.2, 0) is 0 Å². The molecule has 2 aliphatic heterocycles. The lowest BCUT2D eigenvalue weighted by molar-refractivity contribution is 0.00652. The maximum Gasteiger partial charge on any atom is 0.233 e. The van der Waals surface area contributed by atoms with Crippen LogP contribution in [0.25, 0.3) is 21.8 Å². The Morgan fingerprint density at radius 2 is 2.07 bits per heavy atom. The lowest BCUT2D eigenvalue weighted by Gasteiger charge is -2.42. The number of phenols is 1. The fourth-order valence-corrected chi connectivity index (χ4v) is 4.69. The van der Waals surface area contributed by atoms with Gasteiger partial charge < -0.3 is 15.2 Å². The van der Waals surface area contributed by atoms with Crippen LogP contribution in [0.1, 0.15) is 25.7 Å². The van der Waals surface area contributed by atoms with Crippen LogP contribution in [0.2, 0.25) is 0 Å². The van der Waals surface area contributed by atoms with Crippen LogP contribution in [0.15, 0.2) is 35.8 Å². The largest absolute Gasteiger partial charge is 0.507 e. The third-order valence-corrected chi connectivity index (χ3v) is 6.31. The van der Waals surface area contributed by atoms with E-state index in [1.165, 1.54) is 11.3 Å². The standard InChI is InChI=1S/C20H20FN5O2S/c21-19-15-3-1-2-12(23-15)9-17(19)28-18-7-6-14(24-25-18)13-5-4-11(8-16(13)27)20-26-22-10-29-20/h4-8,10,12,15,17,19,23,27H,1-3,9H2/t12-,15+,17-,19+/m1/s1. The van der Waals surface area contributed by atoms with E-state index >= 15 is 0 Å². The summed E-state index contributed by atoms with van der Waals surface area (Å²) in [5.74, 6) is 0.377. The maximum atomic E-state index is 14.7. The number of rotatable bonds is 4. The molecule has 7 nitrogen and oxygen atoms in total. The number of aromatic hydroxyl groups is 1. The number of hydrogen-bond acceptors (Lipinski definition) is 8. The predicted octanol–water partition coefficient (Wildman–Crippen LogP) is 3.37. The molecular formula is C20H20FN5O2S. The molecule has 0 aliphatic carbocycles. The summed E-state index contributed by atoms with van der Waals surface area (Å²) in [5.41, 5.74) is 3.49. The third-order valence-electron chi connectivity index (χ3n) is 5.57. The van der Waals surface area contributed by atoms with Gasteiger partial charge in [0.1, 0.15) is 22.4 Å². The first-order valence-corrected chi connectivity index (χ1v) is 10.6. The Hall–Kier alpha value is -2.65. The highest BCUT2D eigenvalue weighted by Crippen LogP contribution is 2.34. The van der Waals surface area contributed by atoms with Gasteiger partial charge in [-0.25, -0.2) is 4.39 Å². The van der Waals surface area contributed by atoms with Gasteiger partial charge in [-0.2, -0.15) is 0 Å². The minimum Gasteiger partial charge on any atom is -0.507 e. The topological polar surface area (TPSA) is 93.1 Å². The van der Waals surface area contributed by atoms with E-state index in [-0.39, 0.29) is 11.8 Å². The average molecular weight is 413 g/mol. The van der Waals surface area contributed by atoms with Gasteiger partial charge in [-0.3, -0.25) is 0 Å². The van der Waals surface area contributed by atoms with Crippen molar-refractivity contribution in [3.63, 3.8) is 0 Å². The Kier molecular flexibility index (Phi) is 4.84. The molecule has 0 unspecified atom stereocenters. The van der Waals surface area contributed by atoms with Crippen molar-refractivity contribution in [2.45, 2.75) is 50.0 Å². The molecule has 150 valence electrons. The second-order valence-electron chi connectivity index (χ2n) is 7.47. The fourth-order valence-electron chi connectivity index (χ4n) is 4.14. The summed E-state index contributed by atoms with van der Waals surface area (Å²) < 4.78 is 20.5. The summed E-state index contributed by atoms with van der Waals surface area (Å²) in [6.45, 7) is 0. The van der Waals surface area contributed by atoms with Crippen molar-refractivity contribution in [1.29, 1.82) is 0 Å². The summed E-state index contributed by atoms with van der Waals surface area (Å²) in [6.07, 6.45) is 2.03. The highest BCUT2D eigenvalue weighted by atomic mass is 32.1. The van der Waals surface area contributed by atoms with Crippen LogP contribution in [0.5, 0.6) is 11.6 Å². The van der Waals surface area contributed by atoms with Gasteiger partial charge in [-0.15, -0.1) is 20.4 Å². The van der Waals surface area contributed by atoms with E-state index < -0.39 is 12.3 Å². The molecule has 2 aromatic heterocycles. The Morgan fingerprint density at radius 1 is 1.14 bits per heavy atom. The number of halogens is 1. The van der Waals surface area contributed by atoms with Gasteiger partial charge in [0.2, 0.25) is 5.88 Å². The van der Waals surface area contributed by atoms with Crippen molar-refractivity contribution in [3.05, 3.63) is 35.8 Å². The lowest BCUT2D eigenvalue weighted by atomic mass is 9.84. The minimum atomic E-state index is -1.05. The number of phenolic OH excluding ortho intramolecular Hbond substituents is 1. The van der Waals surface area contributed by atoms with Gasteiger partial charge in [0.25, 0.3) is 0 Å². The number of aromatic nitrogens is 4. The normalized spacial score (nSPS) is 26.2. The first-order chi connectivity index (χ1) is 14.2. The molecule has 2 saturated heterocycles.